The van der Waals surface area contributed by atoms with Crippen LogP contribution >= 0.6 is 0 Å². The molecule has 1 aliphatic carbocycles. The van der Waals surface area contributed by atoms with Crippen molar-refractivity contribution in [1.82, 2.24) is 0 Å². The highest BCUT2D eigenvalue weighted by Crippen LogP contribution is 2.45. The molecule has 8 aromatic carbocycles. The smallest absolute Gasteiger partial charge is 0.134 e. The number of rotatable bonds is 3. The summed E-state index contributed by atoms with van der Waals surface area (Å²) in [6, 6.07) is 53.7. The van der Waals surface area contributed by atoms with Crippen molar-refractivity contribution in [2.24, 2.45) is 0 Å². The van der Waals surface area contributed by atoms with Crippen molar-refractivity contribution in [2.45, 2.75) is 12.8 Å². The third-order valence-corrected chi connectivity index (χ3v) is 10.1. The van der Waals surface area contributed by atoms with Crippen LogP contribution in [0.15, 0.2) is 156 Å². The van der Waals surface area contributed by atoms with Crippen molar-refractivity contribution < 1.29 is 4.42 Å². The SMILES string of the molecule is C1=Cc2c(oc3ccc(-c4ccc(-c5c6ccccc6c(-c6ccc7c(ccc8ccccc87)c6)c6ccccc56)cc4)cc23)CC1. The fraction of sp³-hybridized carbons (Fsp3) is 0.0435. The first-order valence-corrected chi connectivity index (χ1v) is 16.5. The molecule has 0 spiro atoms. The van der Waals surface area contributed by atoms with Crippen LogP contribution in [0.2, 0.25) is 0 Å². The van der Waals surface area contributed by atoms with E-state index in [1.54, 1.807) is 0 Å². The molecule has 0 saturated heterocycles. The molecule has 0 saturated carbocycles. The predicted molar refractivity (Wildman–Crippen MR) is 200 cm³/mol. The summed E-state index contributed by atoms with van der Waals surface area (Å²) < 4.78 is 6.17. The minimum Gasteiger partial charge on any atom is -0.460 e. The number of allylic oxidation sites excluding steroid dienone is 1. The summed E-state index contributed by atoms with van der Waals surface area (Å²) in [5.41, 5.74) is 9.67. The lowest BCUT2D eigenvalue weighted by molar-refractivity contribution is 0.546. The lowest BCUT2D eigenvalue weighted by Crippen LogP contribution is -1.91. The maximum absolute atomic E-state index is 6.17. The fourth-order valence-corrected chi connectivity index (χ4v) is 7.88. The first-order chi connectivity index (χ1) is 23.3. The van der Waals surface area contributed by atoms with Crippen molar-refractivity contribution in [2.75, 3.05) is 0 Å². The molecular formula is C46H30O. The van der Waals surface area contributed by atoms with Crippen LogP contribution in [0.3, 0.4) is 0 Å². The predicted octanol–water partition coefficient (Wildman–Crippen LogP) is 13.0. The van der Waals surface area contributed by atoms with E-state index in [-0.39, 0.29) is 0 Å². The maximum atomic E-state index is 6.17. The molecule has 9 aromatic rings. The van der Waals surface area contributed by atoms with Gasteiger partial charge in [-0.15, -0.1) is 0 Å². The summed E-state index contributed by atoms with van der Waals surface area (Å²) in [7, 11) is 0. The number of hydrogen-bond acceptors (Lipinski definition) is 1. The van der Waals surface area contributed by atoms with Crippen LogP contribution in [0.1, 0.15) is 17.7 Å². The van der Waals surface area contributed by atoms with E-state index in [0.717, 1.165) is 24.2 Å². The van der Waals surface area contributed by atoms with Gasteiger partial charge >= 0.3 is 0 Å². The molecule has 0 amide bonds. The standard InChI is InChI=1S/C46H30O/c1-2-10-35-30(9-1)19-22-33-27-34(23-25-36(33)35)46-40-14-5-3-12-38(40)45(39-13-4-6-15-41(39)46)31-20-17-29(18-21-31)32-24-26-44-42(28-32)37-11-7-8-16-43(37)47-44/h1-7,9-15,17-28H,8,16H2. The summed E-state index contributed by atoms with van der Waals surface area (Å²) in [4.78, 5) is 0. The summed E-state index contributed by atoms with van der Waals surface area (Å²) in [5.74, 6) is 1.11. The van der Waals surface area contributed by atoms with Crippen LogP contribution in [0.25, 0.3) is 93.5 Å². The van der Waals surface area contributed by atoms with E-state index in [0.29, 0.717) is 0 Å². The molecule has 0 N–H and O–H groups in total. The molecule has 0 fully saturated rings. The molecule has 1 aliphatic rings. The van der Waals surface area contributed by atoms with Crippen molar-refractivity contribution in [3.8, 4) is 33.4 Å². The molecule has 1 aromatic heterocycles. The van der Waals surface area contributed by atoms with E-state index in [2.05, 4.69) is 158 Å². The van der Waals surface area contributed by atoms with Crippen LogP contribution in [-0.4, -0.2) is 0 Å². The maximum Gasteiger partial charge on any atom is 0.134 e. The molecular weight excluding hydrogens is 569 g/mol. The van der Waals surface area contributed by atoms with E-state index in [1.807, 2.05) is 0 Å². The molecule has 0 bridgehead atoms. The molecule has 0 unspecified atom stereocenters. The van der Waals surface area contributed by atoms with Crippen LogP contribution in [0.5, 0.6) is 0 Å². The summed E-state index contributed by atoms with van der Waals surface area (Å²) in [5, 5.41) is 11.4. The molecule has 0 atom stereocenters. The van der Waals surface area contributed by atoms with Gasteiger partial charge < -0.3 is 4.42 Å². The van der Waals surface area contributed by atoms with Crippen LogP contribution < -0.4 is 0 Å². The Morgan fingerprint density at radius 3 is 1.72 bits per heavy atom. The van der Waals surface area contributed by atoms with Crippen LogP contribution in [0.4, 0.5) is 0 Å². The van der Waals surface area contributed by atoms with Gasteiger partial charge in [0.1, 0.15) is 11.3 Å². The Morgan fingerprint density at radius 2 is 0.979 bits per heavy atom. The Labute approximate surface area is 273 Å². The van der Waals surface area contributed by atoms with Gasteiger partial charge in [-0.2, -0.15) is 0 Å². The minimum absolute atomic E-state index is 0.972. The monoisotopic (exact) mass is 598 g/mol. The quantitative estimate of drug-likeness (QED) is 0.146. The molecule has 1 nitrogen and oxygen atoms in total. The third-order valence-electron chi connectivity index (χ3n) is 10.1. The Kier molecular flexibility index (Phi) is 5.77. The Balaban J connectivity index is 1.14. The van der Waals surface area contributed by atoms with E-state index in [1.165, 1.54) is 87.4 Å². The molecule has 1 heteroatoms. The zero-order valence-electron chi connectivity index (χ0n) is 25.8. The van der Waals surface area contributed by atoms with E-state index in [9.17, 15) is 0 Å². The van der Waals surface area contributed by atoms with Gasteiger partial charge in [-0.05, 0) is 101 Å². The molecule has 220 valence electrons. The average molecular weight is 599 g/mol. The highest BCUT2D eigenvalue weighted by atomic mass is 16.3. The van der Waals surface area contributed by atoms with Gasteiger partial charge in [-0.25, -0.2) is 0 Å². The Bertz CT molecular complexity index is 2660. The summed E-state index contributed by atoms with van der Waals surface area (Å²) in [6.45, 7) is 0. The average Bonchev–Trinajstić information content (AvgIpc) is 3.51. The van der Waals surface area contributed by atoms with Crippen molar-refractivity contribution in [3.05, 3.63) is 163 Å². The largest absolute Gasteiger partial charge is 0.460 e. The van der Waals surface area contributed by atoms with E-state index < -0.39 is 0 Å². The van der Waals surface area contributed by atoms with Crippen molar-refractivity contribution in [3.63, 3.8) is 0 Å². The Morgan fingerprint density at radius 1 is 0.404 bits per heavy atom. The number of fused-ring (bicyclic) bond motifs is 8. The molecule has 1 heterocycles. The highest BCUT2D eigenvalue weighted by molar-refractivity contribution is 6.22. The van der Waals surface area contributed by atoms with Gasteiger partial charge in [0.15, 0.2) is 0 Å². The van der Waals surface area contributed by atoms with Gasteiger partial charge in [0.25, 0.3) is 0 Å². The summed E-state index contributed by atoms with van der Waals surface area (Å²) in [6.07, 6.45) is 6.49. The zero-order chi connectivity index (χ0) is 30.9. The van der Waals surface area contributed by atoms with Crippen molar-refractivity contribution in [1.29, 1.82) is 0 Å². The third kappa shape index (κ3) is 4.10. The first-order valence-electron chi connectivity index (χ1n) is 16.5. The molecule has 0 radical (unpaired) electrons. The van der Waals surface area contributed by atoms with Gasteiger partial charge in [0.2, 0.25) is 0 Å². The van der Waals surface area contributed by atoms with Gasteiger partial charge in [-0.3, -0.25) is 0 Å². The molecule has 0 aliphatic heterocycles. The highest BCUT2D eigenvalue weighted by Gasteiger charge is 2.18. The lowest BCUT2D eigenvalue weighted by atomic mass is 9.85. The van der Waals surface area contributed by atoms with Crippen LogP contribution in [-0.2, 0) is 6.42 Å². The fourth-order valence-electron chi connectivity index (χ4n) is 7.88. The molecule has 47 heavy (non-hydrogen) atoms. The lowest BCUT2D eigenvalue weighted by Gasteiger charge is -2.18. The number of benzene rings is 8. The molecule has 10 rings (SSSR count). The minimum atomic E-state index is 0.972. The van der Waals surface area contributed by atoms with Crippen molar-refractivity contribution >= 4 is 60.1 Å². The normalized spacial score (nSPS) is 12.9. The second kappa shape index (κ2) is 10.3. The second-order valence-electron chi connectivity index (χ2n) is 12.7. The van der Waals surface area contributed by atoms with Gasteiger partial charge in [0, 0.05) is 17.4 Å². The van der Waals surface area contributed by atoms with Crippen LogP contribution in [0, 0.1) is 0 Å². The van der Waals surface area contributed by atoms with E-state index in [4.69, 9.17) is 4.42 Å². The van der Waals surface area contributed by atoms with Gasteiger partial charge in [-0.1, -0.05) is 140 Å². The number of furan rings is 1. The topological polar surface area (TPSA) is 13.1 Å². The number of aryl methyl sites for hydroxylation is 1. The van der Waals surface area contributed by atoms with Gasteiger partial charge in [0.05, 0.1) is 0 Å². The first kappa shape index (κ1) is 26.3. The zero-order valence-corrected chi connectivity index (χ0v) is 25.8. The number of hydrogen-bond donors (Lipinski definition) is 0. The summed E-state index contributed by atoms with van der Waals surface area (Å²) >= 11 is 0. The Hall–Kier alpha value is -5.92. The second-order valence-corrected chi connectivity index (χ2v) is 12.7. The van der Waals surface area contributed by atoms with E-state index >= 15 is 0 Å².